The second-order valence-corrected chi connectivity index (χ2v) is 3.26. The molecular formula is C10H15N3O2. The molecule has 0 bridgehead atoms. The van der Waals surface area contributed by atoms with Crippen molar-refractivity contribution in [1.82, 2.24) is 10.2 Å². The molecule has 5 heteroatoms. The minimum atomic E-state index is -0.798. The topological polar surface area (TPSA) is 66.3 Å². The smallest absolute Gasteiger partial charge is 0.305 e. The van der Waals surface area contributed by atoms with Crippen molar-refractivity contribution in [2.75, 3.05) is 18.0 Å². The highest BCUT2D eigenvalue weighted by Gasteiger charge is 2.07. The average Bonchev–Trinajstić information content (AvgIpc) is 2.21. The van der Waals surface area contributed by atoms with E-state index in [-0.39, 0.29) is 6.42 Å². The molecular weight excluding hydrogens is 194 g/mol. The molecule has 0 saturated heterocycles. The molecule has 1 heterocycles. The van der Waals surface area contributed by atoms with E-state index in [1.54, 1.807) is 0 Å². The molecule has 1 aromatic rings. The average molecular weight is 209 g/mol. The number of aromatic nitrogens is 2. The van der Waals surface area contributed by atoms with E-state index in [4.69, 9.17) is 5.11 Å². The summed E-state index contributed by atoms with van der Waals surface area (Å²) in [5, 5.41) is 16.5. The Morgan fingerprint density at radius 3 is 2.67 bits per heavy atom. The van der Waals surface area contributed by atoms with E-state index in [9.17, 15) is 4.79 Å². The molecule has 1 N–H and O–H groups in total. The second kappa shape index (κ2) is 5.29. The molecule has 0 aliphatic heterocycles. The van der Waals surface area contributed by atoms with Crippen molar-refractivity contribution in [2.45, 2.75) is 20.3 Å². The molecule has 0 fully saturated rings. The highest BCUT2D eigenvalue weighted by molar-refractivity contribution is 5.67. The fourth-order valence-electron chi connectivity index (χ4n) is 1.23. The SMILES string of the molecule is CCN(CCC(=O)O)c1ccc(C)nn1. The molecule has 0 unspecified atom stereocenters. The Hall–Kier alpha value is -1.65. The van der Waals surface area contributed by atoms with Crippen LogP contribution in [0.1, 0.15) is 19.0 Å². The van der Waals surface area contributed by atoms with E-state index in [1.165, 1.54) is 0 Å². The molecule has 0 radical (unpaired) electrons. The van der Waals surface area contributed by atoms with Gasteiger partial charge in [0.25, 0.3) is 0 Å². The summed E-state index contributed by atoms with van der Waals surface area (Å²) >= 11 is 0. The van der Waals surface area contributed by atoms with Gasteiger partial charge in [0.05, 0.1) is 12.1 Å². The maximum atomic E-state index is 10.4. The van der Waals surface area contributed by atoms with Crippen molar-refractivity contribution >= 4 is 11.8 Å². The van der Waals surface area contributed by atoms with Crippen molar-refractivity contribution in [2.24, 2.45) is 0 Å². The lowest BCUT2D eigenvalue weighted by Crippen LogP contribution is -2.26. The van der Waals surface area contributed by atoms with E-state index in [1.807, 2.05) is 30.9 Å². The van der Waals surface area contributed by atoms with Crippen LogP contribution in [0.5, 0.6) is 0 Å². The summed E-state index contributed by atoms with van der Waals surface area (Å²) < 4.78 is 0. The van der Waals surface area contributed by atoms with Gasteiger partial charge in [-0.15, -0.1) is 5.10 Å². The fourth-order valence-corrected chi connectivity index (χ4v) is 1.23. The summed E-state index contributed by atoms with van der Waals surface area (Å²) in [4.78, 5) is 12.3. The number of hydrogen-bond acceptors (Lipinski definition) is 4. The van der Waals surface area contributed by atoms with Gasteiger partial charge in [-0.2, -0.15) is 5.10 Å². The van der Waals surface area contributed by atoms with Crippen LogP contribution in [0.25, 0.3) is 0 Å². The Labute approximate surface area is 88.7 Å². The first kappa shape index (κ1) is 11.4. The van der Waals surface area contributed by atoms with Crippen molar-refractivity contribution in [3.8, 4) is 0 Å². The zero-order valence-electron chi connectivity index (χ0n) is 8.97. The maximum Gasteiger partial charge on any atom is 0.305 e. The van der Waals surface area contributed by atoms with Crippen LogP contribution in [-0.2, 0) is 4.79 Å². The van der Waals surface area contributed by atoms with Crippen molar-refractivity contribution in [3.63, 3.8) is 0 Å². The molecule has 1 aromatic heterocycles. The van der Waals surface area contributed by atoms with Crippen LogP contribution in [0.2, 0.25) is 0 Å². The Morgan fingerprint density at radius 1 is 1.47 bits per heavy atom. The van der Waals surface area contributed by atoms with Crippen LogP contribution in [0, 0.1) is 6.92 Å². The quantitative estimate of drug-likeness (QED) is 0.786. The number of aryl methyl sites for hydroxylation is 1. The van der Waals surface area contributed by atoms with Crippen LogP contribution in [0.3, 0.4) is 0 Å². The molecule has 0 saturated carbocycles. The largest absolute Gasteiger partial charge is 0.481 e. The number of carbonyl (C=O) groups is 1. The first-order chi connectivity index (χ1) is 7.13. The van der Waals surface area contributed by atoms with E-state index in [2.05, 4.69) is 10.2 Å². The summed E-state index contributed by atoms with van der Waals surface area (Å²) in [6.45, 7) is 5.02. The third-order valence-electron chi connectivity index (χ3n) is 2.09. The second-order valence-electron chi connectivity index (χ2n) is 3.26. The fraction of sp³-hybridized carbons (Fsp3) is 0.500. The van der Waals surface area contributed by atoms with Crippen LogP contribution in [0.4, 0.5) is 5.82 Å². The monoisotopic (exact) mass is 209 g/mol. The maximum absolute atomic E-state index is 10.4. The lowest BCUT2D eigenvalue weighted by atomic mass is 10.3. The van der Waals surface area contributed by atoms with Gasteiger partial charge in [-0.1, -0.05) is 0 Å². The number of carboxylic acid groups (broad SMARTS) is 1. The van der Waals surface area contributed by atoms with Gasteiger partial charge in [0.1, 0.15) is 0 Å². The van der Waals surface area contributed by atoms with Gasteiger partial charge in [0, 0.05) is 13.1 Å². The van der Waals surface area contributed by atoms with E-state index in [0.29, 0.717) is 6.54 Å². The summed E-state index contributed by atoms with van der Waals surface area (Å²) in [5.41, 5.74) is 0.855. The Kier molecular flexibility index (Phi) is 4.03. The van der Waals surface area contributed by atoms with E-state index >= 15 is 0 Å². The van der Waals surface area contributed by atoms with Gasteiger partial charge in [-0.05, 0) is 26.0 Å². The third kappa shape index (κ3) is 3.53. The van der Waals surface area contributed by atoms with Crippen LogP contribution >= 0.6 is 0 Å². The predicted molar refractivity (Wildman–Crippen MR) is 56.9 cm³/mol. The highest BCUT2D eigenvalue weighted by atomic mass is 16.4. The summed E-state index contributed by atoms with van der Waals surface area (Å²) in [6.07, 6.45) is 0.114. The van der Waals surface area contributed by atoms with Crippen LogP contribution in [0.15, 0.2) is 12.1 Å². The van der Waals surface area contributed by atoms with Crippen LogP contribution < -0.4 is 4.90 Å². The predicted octanol–water partition coefficient (Wildman–Crippen LogP) is 1.09. The van der Waals surface area contributed by atoms with Crippen molar-refractivity contribution in [1.29, 1.82) is 0 Å². The molecule has 0 aliphatic carbocycles. The standard InChI is InChI=1S/C10H15N3O2/c1-3-13(7-6-10(14)15)9-5-4-8(2)11-12-9/h4-5H,3,6-7H2,1-2H3,(H,14,15). The zero-order valence-corrected chi connectivity index (χ0v) is 8.97. The van der Waals surface area contributed by atoms with Crippen LogP contribution in [-0.4, -0.2) is 34.4 Å². The number of nitrogens with zero attached hydrogens (tertiary/aromatic N) is 3. The highest BCUT2D eigenvalue weighted by Crippen LogP contribution is 2.09. The number of carboxylic acids is 1. The first-order valence-electron chi connectivity index (χ1n) is 4.90. The van der Waals surface area contributed by atoms with E-state index in [0.717, 1.165) is 18.1 Å². The molecule has 82 valence electrons. The third-order valence-corrected chi connectivity index (χ3v) is 2.09. The Bertz CT molecular complexity index is 324. The molecule has 15 heavy (non-hydrogen) atoms. The summed E-state index contributed by atoms with van der Waals surface area (Å²) in [5.74, 6) is -0.0714. The number of anilines is 1. The molecule has 0 aromatic carbocycles. The van der Waals surface area contributed by atoms with Gasteiger partial charge in [0.15, 0.2) is 5.82 Å². The number of rotatable bonds is 5. The van der Waals surface area contributed by atoms with Gasteiger partial charge >= 0.3 is 5.97 Å². The van der Waals surface area contributed by atoms with Gasteiger partial charge in [0.2, 0.25) is 0 Å². The van der Waals surface area contributed by atoms with Gasteiger partial charge < -0.3 is 10.0 Å². The first-order valence-corrected chi connectivity index (χ1v) is 4.90. The molecule has 0 atom stereocenters. The molecule has 0 spiro atoms. The Morgan fingerprint density at radius 2 is 2.20 bits per heavy atom. The normalized spacial score (nSPS) is 10.0. The van der Waals surface area contributed by atoms with Gasteiger partial charge in [-0.3, -0.25) is 4.79 Å². The minimum Gasteiger partial charge on any atom is -0.481 e. The number of aliphatic carboxylic acids is 1. The van der Waals surface area contributed by atoms with Crippen molar-refractivity contribution < 1.29 is 9.90 Å². The minimum absolute atomic E-state index is 0.114. The molecule has 0 amide bonds. The number of hydrogen-bond donors (Lipinski definition) is 1. The summed E-state index contributed by atoms with van der Waals surface area (Å²) in [7, 11) is 0. The Balaban J connectivity index is 2.65. The molecule has 1 rings (SSSR count). The zero-order chi connectivity index (χ0) is 11.3. The van der Waals surface area contributed by atoms with E-state index < -0.39 is 5.97 Å². The van der Waals surface area contributed by atoms with Gasteiger partial charge in [-0.25, -0.2) is 0 Å². The lowest BCUT2D eigenvalue weighted by Gasteiger charge is -2.20. The molecule has 5 nitrogen and oxygen atoms in total. The summed E-state index contributed by atoms with van der Waals surface area (Å²) in [6, 6.07) is 3.72. The van der Waals surface area contributed by atoms with Crippen molar-refractivity contribution in [3.05, 3.63) is 17.8 Å². The molecule has 0 aliphatic rings. The lowest BCUT2D eigenvalue weighted by molar-refractivity contribution is -0.136.